The Morgan fingerprint density at radius 1 is 1.17 bits per heavy atom. The first kappa shape index (κ1) is 20.6. The van der Waals surface area contributed by atoms with E-state index in [9.17, 15) is 14.4 Å². The highest BCUT2D eigenvalue weighted by atomic mass is 16.4. The Kier molecular flexibility index (Phi) is 6.64. The fourth-order valence-electron chi connectivity index (χ4n) is 3.61. The zero-order valence-electron chi connectivity index (χ0n) is 16.4. The molecule has 8 nitrogen and oxygen atoms in total. The molecule has 3 N–H and O–H groups in total. The van der Waals surface area contributed by atoms with Crippen LogP contribution in [0.3, 0.4) is 0 Å². The van der Waals surface area contributed by atoms with Crippen molar-refractivity contribution in [2.45, 2.75) is 51.5 Å². The molecule has 0 radical (unpaired) electrons. The number of hydrogen-bond donors (Lipinski definition) is 3. The van der Waals surface area contributed by atoms with Crippen molar-refractivity contribution in [2.24, 2.45) is 5.92 Å². The van der Waals surface area contributed by atoms with Gasteiger partial charge in [-0.05, 0) is 43.9 Å². The van der Waals surface area contributed by atoms with Crippen molar-refractivity contribution in [2.75, 3.05) is 5.32 Å². The topological polar surface area (TPSA) is 113 Å². The third-order valence-electron chi connectivity index (χ3n) is 5.19. The third kappa shape index (κ3) is 5.43. The van der Waals surface area contributed by atoms with Gasteiger partial charge in [-0.15, -0.1) is 0 Å². The number of aromatic nitrogens is 2. The fourth-order valence-corrected chi connectivity index (χ4v) is 3.61. The molecule has 1 aromatic carbocycles. The Morgan fingerprint density at radius 3 is 2.59 bits per heavy atom. The first-order valence-corrected chi connectivity index (χ1v) is 9.92. The number of carboxylic acids is 1. The molecule has 0 aliphatic heterocycles. The van der Waals surface area contributed by atoms with Gasteiger partial charge in [0.25, 0.3) is 0 Å². The van der Waals surface area contributed by atoms with Crippen molar-refractivity contribution in [3.8, 4) is 5.69 Å². The normalized spacial score (nSPS) is 15.5. The van der Waals surface area contributed by atoms with Gasteiger partial charge < -0.3 is 15.7 Å². The third-order valence-corrected chi connectivity index (χ3v) is 5.19. The summed E-state index contributed by atoms with van der Waals surface area (Å²) in [5.74, 6) is -1.17. The maximum absolute atomic E-state index is 12.6. The van der Waals surface area contributed by atoms with Crippen LogP contribution in [0.2, 0.25) is 0 Å². The van der Waals surface area contributed by atoms with E-state index in [-0.39, 0.29) is 17.5 Å². The molecule has 1 heterocycles. The highest BCUT2D eigenvalue weighted by molar-refractivity contribution is 5.98. The molecular weight excluding hydrogens is 372 g/mol. The minimum absolute atomic E-state index is 0.0885. The molecule has 3 rings (SSSR count). The van der Waals surface area contributed by atoms with E-state index < -0.39 is 12.0 Å². The van der Waals surface area contributed by atoms with Crippen LogP contribution in [-0.4, -0.2) is 38.7 Å². The van der Waals surface area contributed by atoms with Gasteiger partial charge in [0.15, 0.2) is 5.69 Å². The van der Waals surface area contributed by atoms with Gasteiger partial charge in [-0.1, -0.05) is 31.4 Å². The Hall–Kier alpha value is -3.16. The summed E-state index contributed by atoms with van der Waals surface area (Å²) in [5, 5.41) is 18.6. The van der Waals surface area contributed by atoms with E-state index in [0.717, 1.165) is 12.8 Å². The highest BCUT2D eigenvalue weighted by Gasteiger charge is 2.21. The number of rotatable bonds is 7. The van der Waals surface area contributed by atoms with Crippen LogP contribution in [0.1, 0.15) is 55.9 Å². The van der Waals surface area contributed by atoms with Crippen molar-refractivity contribution >= 4 is 23.5 Å². The lowest BCUT2D eigenvalue weighted by atomic mass is 9.87. The molecule has 1 saturated carbocycles. The number of anilines is 1. The maximum Gasteiger partial charge on any atom is 0.356 e. The number of aromatic carboxylic acids is 1. The van der Waals surface area contributed by atoms with Crippen LogP contribution in [0.25, 0.3) is 5.69 Å². The number of hydrogen-bond acceptors (Lipinski definition) is 4. The summed E-state index contributed by atoms with van der Waals surface area (Å²) in [7, 11) is 0. The van der Waals surface area contributed by atoms with Gasteiger partial charge in [0.2, 0.25) is 11.8 Å². The predicted octanol–water partition coefficient (Wildman–Crippen LogP) is 2.98. The molecule has 29 heavy (non-hydrogen) atoms. The second-order valence-corrected chi connectivity index (χ2v) is 7.45. The molecule has 1 atom stereocenters. The van der Waals surface area contributed by atoms with Crippen molar-refractivity contribution in [1.29, 1.82) is 0 Å². The quantitative estimate of drug-likeness (QED) is 0.664. The largest absolute Gasteiger partial charge is 0.476 e. The molecule has 154 valence electrons. The predicted molar refractivity (Wildman–Crippen MR) is 108 cm³/mol. The standard InChI is InChI=1S/C21H26N4O4/c1-14(22-19(26)13-15-7-3-2-4-8-15)20(27)23-16-9-5-6-10-18(16)25-12-11-17(24-25)21(28)29/h5-6,9-12,14-15H,2-4,7-8,13H2,1H3,(H,22,26)(H,23,27)(H,28,29). The molecule has 1 fully saturated rings. The molecule has 0 saturated heterocycles. The Labute approximate surface area is 169 Å². The summed E-state index contributed by atoms with van der Waals surface area (Å²) in [6, 6.07) is 7.64. The number of carbonyl (C=O) groups excluding carboxylic acids is 2. The van der Waals surface area contributed by atoms with Crippen LogP contribution in [0.4, 0.5) is 5.69 Å². The summed E-state index contributed by atoms with van der Waals surface area (Å²) in [6.07, 6.45) is 7.69. The van der Waals surface area contributed by atoms with Gasteiger partial charge in [-0.25, -0.2) is 9.48 Å². The summed E-state index contributed by atoms with van der Waals surface area (Å²) in [5.41, 5.74) is 0.925. The Balaban J connectivity index is 1.62. The Bertz CT molecular complexity index is 886. The highest BCUT2D eigenvalue weighted by Crippen LogP contribution is 2.26. The average molecular weight is 398 g/mol. The molecule has 8 heteroatoms. The van der Waals surface area contributed by atoms with Gasteiger partial charge in [-0.2, -0.15) is 5.10 Å². The molecule has 1 aromatic heterocycles. The van der Waals surface area contributed by atoms with E-state index in [4.69, 9.17) is 5.11 Å². The van der Waals surface area contributed by atoms with Gasteiger partial charge in [0.05, 0.1) is 11.4 Å². The molecular formula is C21H26N4O4. The molecule has 1 unspecified atom stereocenters. The van der Waals surface area contributed by atoms with Gasteiger partial charge in [-0.3, -0.25) is 9.59 Å². The van der Waals surface area contributed by atoms with Crippen LogP contribution >= 0.6 is 0 Å². The van der Waals surface area contributed by atoms with E-state index in [1.54, 1.807) is 31.2 Å². The van der Waals surface area contributed by atoms with E-state index in [1.165, 1.54) is 36.2 Å². The van der Waals surface area contributed by atoms with Gasteiger partial charge in [0.1, 0.15) is 6.04 Å². The second-order valence-electron chi connectivity index (χ2n) is 7.45. The molecule has 2 amide bonds. The van der Waals surface area contributed by atoms with Crippen molar-refractivity contribution in [1.82, 2.24) is 15.1 Å². The Morgan fingerprint density at radius 2 is 1.90 bits per heavy atom. The van der Waals surface area contributed by atoms with Crippen LogP contribution in [0.15, 0.2) is 36.5 Å². The zero-order chi connectivity index (χ0) is 20.8. The molecule has 0 bridgehead atoms. The summed E-state index contributed by atoms with van der Waals surface area (Å²) >= 11 is 0. The van der Waals surface area contributed by atoms with Crippen LogP contribution in [0, 0.1) is 5.92 Å². The van der Waals surface area contributed by atoms with Crippen LogP contribution < -0.4 is 10.6 Å². The fraction of sp³-hybridized carbons (Fsp3) is 0.429. The van der Waals surface area contributed by atoms with E-state index >= 15 is 0 Å². The van der Waals surface area contributed by atoms with Crippen molar-refractivity contribution < 1.29 is 19.5 Å². The molecule has 2 aromatic rings. The second kappa shape index (κ2) is 9.36. The van der Waals surface area contributed by atoms with Crippen LogP contribution in [-0.2, 0) is 9.59 Å². The molecule has 1 aliphatic rings. The minimum atomic E-state index is -1.13. The lowest BCUT2D eigenvalue weighted by molar-refractivity contribution is -0.126. The number of para-hydroxylation sites is 2. The summed E-state index contributed by atoms with van der Waals surface area (Å²) < 4.78 is 1.39. The first-order valence-electron chi connectivity index (χ1n) is 9.92. The van der Waals surface area contributed by atoms with Crippen molar-refractivity contribution in [3.63, 3.8) is 0 Å². The van der Waals surface area contributed by atoms with E-state index in [1.807, 2.05) is 0 Å². The minimum Gasteiger partial charge on any atom is -0.476 e. The number of carboxylic acid groups (broad SMARTS) is 1. The number of benzene rings is 1. The molecule has 0 spiro atoms. The summed E-state index contributed by atoms with van der Waals surface area (Å²) in [6.45, 7) is 1.65. The maximum atomic E-state index is 12.6. The zero-order valence-corrected chi connectivity index (χ0v) is 16.4. The number of carbonyl (C=O) groups is 3. The van der Waals surface area contributed by atoms with E-state index in [2.05, 4.69) is 15.7 Å². The molecule has 1 aliphatic carbocycles. The SMILES string of the molecule is CC(NC(=O)CC1CCCCC1)C(=O)Nc1ccccc1-n1ccc(C(=O)O)n1. The van der Waals surface area contributed by atoms with Gasteiger partial charge in [0, 0.05) is 12.6 Å². The number of amides is 2. The average Bonchev–Trinajstić information content (AvgIpc) is 3.19. The smallest absolute Gasteiger partial charge is 0.356 e. The van der Waals surface area contributed by atoms with Gasteiger partial charge >= 0.3 is 5.97 Å². The van der Waals surface area contributed by atoms with Crippen LogP contribution in [0.5, 0.6) is 0 Å². The van der Waals surface area contributed by atoms with E-state index in [0.29, 0.717) is 23.7 Å². The summed E-state index contributed by atoms with van der Waals surface area (Å²) in [4.78, 5) is 35.9. The number of nitrogens with one attached hydrogen (secondary N) is 2. The number of nitrogens with zero attached hydrogens (tertiary/aromatic N) is 2. The lowest BCUT2D eigenvalue weighted by Crippen LogP contribution is -2.42. The lowest BCUT2D eigenvalue weighted by Gasteiger charge is -2.22. The monoisotopic (exact) mass is 398 g/mol. The first-order chi connectivity index (χ1) is 13.9. The van der Waals surface area contributed by atoms with Crippen molar-refractivity contribution in [3.05, 3.63) is 42.2 Å².